The lowest BCUT2D eigenvalue weighted by molar-refractivity contribution is 0.297. The normalized spacial score (nSPS) is 15.9. The van der Waals surface area contributed by atoms with Crippen molar-refractivity contribution in [2.24, 2.45) is 0 Å². The topological polar surface area (TPSA) is 75.4 Å². The van der Waals surface area contributed by atoms with Crippen LogP contribution in [0.2, 0.25) is 0 Å². The van der Waals surface area contributed by atoms with Gasteiger partial charge in [-0.1, -0.05) is 6.07 Å². The molecule has 0 saturated heterocycles. The summed E-state index contributed by atoms with van der Waals surface area (Å²) in [5.41, 5.74) is 1.91. The smallest absolute Gasteiger partial charge is 0.260 e. The van der Waals surface area contributed by atoms with Gasteiger partial charge in [-0.3, -0.25) is 9.59 Å². The summed E-state index contributed by atoms with van der Waals surface area (Å²) >= 11 is 0. The summed E-state index contributed by atoms with van der Waals surface area (Å²) in [5, 5.41) is 0.947. The van der Waals surface area contributed by atoms with Crippen molar-refractivity contribution in [2.75, 3.05) is 13.2 Å². The van der Waals surface area contributed by atoms with Gasteiger partial charge >= 0.3 is 0 Å². The Bertz CT molecular complexity index is 1450. The highest BCUT2D eigenvalue weighted by Gasteiger charge is 2.25. The van der Waals surface area contributed by atoms with Crippen LogP contribution in [0.3, 0.4) is 0 Å². The highest BCUT2D eigenvalue weighted by atomic mass is 16.5. The molecule has 1 aliphatic carbocycles. The minimum atomic E-state index is -0.166. The van der Waals surface area contributed by atoms with Gasteiger partial charge in [-0.15, -0.1) is 0 Å². The Morgan fingerprint density at radius 1 is 0.871 bits per heavy atom. The molecule has 0 unspecified atom stereocenters. The average Bonchev–Trinajstić information content (AvgIpc) is 3.62. The second-order valence-electron chi connectivity index (χ2n) is 8.19. The molecule has 4 aromatic rings. The van der Waals surface area contributed by atoms with E-state index in [1.54, 1.807) is 21.4 Å². The van der Waals surface area contributed by atoms with Gasteiger partial charge in [0.2, 0.25) is 0 Å². The summed E-state index contributed by atoms with van der Waals surface area (Å²) in [6, 6.07) is 11.4. The van der Waals surface area contributed by atoms with Crippen molar-refractivity contribution in [3.05, 3.63) is 75.1 Å². The summed E-state index contributed by atoms with van der Waals surface area (Å²) in [4.78, 5) is 30.7. The second kappa shape index (κ2) is 6.97. The van der Waals surface area contributed by atoms with Gasteiger partial charge in [-0.05, 0) is 48.7 Å². The molecule has 0 atom stereocenters. The van der Waals surface area contributed by atoms with Gasteiger partial charge in [0, 0.05) is 24.9 Å². The highest BCUT2D eigenvalue weighted by Crippen LogP contribution is 2.34. The molecule has 31 heavy (non-hydrogen) atoms. The Kier molecular flexibility index (Phi) is 4.09. The predicted molar refractivity (Wildman–Crippen MR) is 117 cm³/mol. The number of benzene rings is 1. The van der Waals surface area contributed by atoms with E-state index in [1.807, 2.05) is 36.5 Å². The zero-order valence-electron chi connectivity index (χ0n) is 16.9. The van der Waals surface area contributed by atoms with Gasteiger partial charge in [0.15, 0.2) is 11.5 Å². The molecule has 1 aliphatic heterocycles. The molecule has 1 fully saturated rings. The quantitative estimate of drug-likeness (QED) is 0.480. The fourth-order valence-electron chi connectivity index (χ4n) is 4.15. The molecule has 0 radical (unpaired) electrons. The van der Waals surface area contributed by atoms with E-state index in [9.17, 15) is 9.59 Å². The van der Waals surface area contributed by atoms with E-state index in [0.29, 0.717) is 47.3 Å². The molecule has 156 valence electrons. The Hall–Kier alpha value is -3.61. The summed E-state index contributed by atoms with van der Waals surface area (Å²) in [5.74, 6) is 1.44. The first-order valence-corrected chi connectivity index (χ1v) is 10.6. The van der Waals surface area contributed by atoms with Crippen LogP contribution in [0.1, 0.15) is 30.9 Å². The van der Waals surface area contributed by atoms with E-state index in [1.165, 1.54) is 0 Å². The van der Waals surface area contributed by atoms with Gasteiger partial charge in [0.05, 0.1) is 41.6 Å². The van der Waals surface area contributed by atoms with E-state index < -0.39 is 0 Å². The van der Waals surface area contributed by atoms with Crippen LogP contribution in [0.4, 0.5) is 0 Å². The van der Waals surface area contributed by atoms with Crippen molar-refractivity contribution in [1.82, 2.24) is 14.1 Å². The molecule has 0 amide bonds. The predicted octanol–water partition coefficient (Wildman–Crippen LogP) is 3.26. The van der Waals surface area contributed by atoms with Gasteiger partial charge in [0.25, 0.3) is 11.1 Å². The zero-order valence-corrected chi connectivity index (χ0v) is 16.9. The molecule has 7 heteroatoms. The molecule has 1 saturated carbocycles. The van der Waals surface area contributed by atoms with Crippen LogP contribution in [0.5, 0.6) is 11.5 Å². The van der Waals surface area contributed by atoms with Gasteiger partial charge in [-0.2, -0.15) is 0 Å². The monoisotopic (exact) mass is 415 g/mol. The molecule has 1 aromatic carbocycles. The van der Waals surface area contributed by atoms with Crippen molar-refractivity contribution in [3.63, 3.8) is 0 Å². The third kappa shape index (κ3) is 3.17. The maximum Gasteiger partial charge on any atom is 0.260 e. The number of ether oxygens (including phenoxy) is 2. The third-order valence-electron chi connectivity index (χ3n) is 5.95. The molecule has 2 aliphatic rings. The fourth-order valence-corrected chi connectivity index (χ4v) is 4.15. The lowest BCUT2D eigenvalue weighted by Gasteiger charge is -2.11. The Morgan fingerprint density at radius 3 is 2.42 bits per heavy atom. The molecule has 6 rings (SSSR count). The standard InChI is InChI=1S/C24H21N3O4/c28-23-17-13-18-20(7-9-27(24(18)29)16-3-4-16)25-19(17)6-8-26(23)14-15-2-5-21-22(12-15)31-11-1-10-30-21/h2,5-9,12-13,16H,1,3-4,10-11,14H2. The van der Waals surface area contributed by atoms with Crippen LogP contribution in [0.25, 0.3) is 21.8 Å². The minimum absolute atomic E-state index is 0.0768. The fraction of sp³-hybridized carbons (Fsp3) is 0.292. The van der Waals surface area contributed by atoms with Crippen LogP contribution in [0.15, 0.2) is 58.4 Å². The van der Waals surface area contributed by atoms with E-state index in [0.717, 1.165) is 30.6 Å². The van der Waals surface area contributed by atoms with E-state index in [-0.39, 0.29) is 17.2 Å². The molecule has 4 heterocycles. The van der Waals surface area contributed by atoms with Crippen LogP contribution >= 0.6 is 0 Å². The maximum absolute atomic E-state index is 13.2. The van der Waals surface area contributed by atoms with Crippen molar-refractivity contribution < 1.29 is 9.47 Å². The van der Waals surface area contributed by atoms with Crippen LogP contribution in [0, 0.1) is 0 Å². The molecule has 7 nitrogen and oxygen atoms in total. The largest absolute Gasteiger partial charge is 0.490 e. The number of nitrogens with zero attached hydrogens (tertiary/aromatic N) is 3. The van der Waals surface area contributed by atoms with Crippen LogP contribution in [-0.2, 0) is 6.54 Å². The molecular weight excluding hydrogens is 394 g/mol. The number of fused-ring (bicyclic) bond motifs is 3. The van der Waals surface area contributed by atoms with Crippen LogP contribution in [-0.4, -0.2) is 27.3 Å². The Labute approximate surface area is 177 Å². The van der Waals surface area contributed by atoms with Crippen LogP contribution < -0.4 is 20.6 Å². The molecule has 0 N–H and O–H groups in total. The first kappa shape index (κ1) is 18.2. The average molecular weight is 415 g/mol. The summed E-state index contributed by atoms with van der Waals surface area (Å²) in [6.45, 7) is 1.65. The number of rotatable bonds is 3. The van der Waals surface area contributed by atoms with Crippen molar-refractivity contribution in [1.29, 1.82) is 0 Å². The van der Waals surface area contributed by atoms with Crippen molar-refractivity contribution in [3.8, 4) is 11.5 Å². The number of hydrogen-bond acceptors (Lipinski definition) is 5. The highest BCUT2D eigenvalue weighted by molar-refractivity contribution is 5.91. The van der Waals surface area contributed by atoms with Gasteiger partial charge in [0.1, 0.15) is 0 Å². The summed E-state index contributed by atoms with van der Waals surface area (Å²) < 4.78 is 14.8. The number of pyridine rings is 3. The minimum Gasteiger partial charge on any atom is -0.490 e. The second-order valence-corrected chi connectivity index (χ2v) is 8.19. The van der Waals surface area contributed by atoms with E-state index in [2.05, 4.69) is 4.98 Å². The summed E-state index contributed by atoms with van der Waals surface area (Å²) in [7, 11) is 0. The first-order valence-electron chi connectivity index (χ1n) is 10.6. The first-order chi connectivity index (χ1) is 15.2. The van der Waals surface area contributed by atoms with Crippen molar-refractivity contribution >= 4 is 21.8 Å². The van der Waals surface area contributed by atoms with Gasteiger partial charge in [-0.25, -0.2) is 4.98 Å². The van der Waals surface area contributed by atoms with Crippen molar-refractivity contribution in [2.45, 2.75) is 31.8 Å². The zero-order chi connectivity index (χ0) is 20.9. The lowest BCUT2D eigenvalue weighted by atomic mass is 10.1. The van der Waals surface area contributed by atoms with Gasteiger partial charge < -0.3 is 18.6 Å². The Morgan fingerprint density at radius 2 is 1.61 bits per heavy atom. The molecule has 0 spiro atoms. The molecule has 0 bridgehead atoms. The maximum atomic E-state index is 13.2. The SMILES string of the molecule is O=c1c2cc3c(=O)n(C4CC4)ccc3nc2ccn1Cc1ccc2c(c1)OCCCO2. The Balaban J connectivity index is 1.42. The summed E-state index contributed by atoms with van der Waals surface area (Å²) in [6.07, 6.45) is 6.45. The number of hydrogen-bond donors (Lipinski definition) is 0. The third-order valence-corrected chi connectivity index (χ3v) is 5.95. The molecule has 3 aromatic heterocycles. The number of aromatic nitrogens is 3. The van der Waals surface area contributed by atoms with E-state index in [4.69, 9.17) is 9.47 Å². The molecular formula is C24H21N3O4. The lowest BCUT2D eigenvalue weighted by Crippen LogP contribution is -2.22. The van der Waals surface area contributed by atoms with E-state index >= 15 is 0 Å².